The van der Waals surface area contributed by atoms with Crippen LogP contribution in [0.15, 0.2) is 83.9 Å². The van der Waals surface area contributed by atoms with Gasteiger partial charge in [-0.1, -0.05) is 60.3 Å². The van der Waals surface area contributed by atoms with Crippen molar-refractivity contribution in [2.75, 3.05) is 13.7 Å². The van der Waals surface area contributed by atoms with E-state index in [0.717, 1.165) is 35.0 Å². The Morgan fingerprint density at radius 1 is 1.05 bits per heavy atom. The predicted octanol–water partition coefficient (Wildman–Crippen LogP) is 5.59. The summed E-state index contributed by atoms with van der Waals surface area (Å²) < 4.78 is 45.0. The summed E-state index contributed by atoms with van der Waals surface area (Å²) in [6.45, 7) is 0.541. The molecule has 0 aromatic heterocycles. The molecule has 1 fully saturated rings. The second-order valence-electron chi connectivity index (χ2n) is 8.61. The van der Waals surface area contributed by atoms with E-state index in [-0.39, 0.29) is 35.6 Å². The van der Waals surface area contributed by atoms with E-state index in [1.54, 1.807) is 31.4 Å². The van der Waals surface area contributed by atoms with Crippen molar-refractivity contribution in [1.82, 2.24) is 10.2 Å². The SMILES string of the molecule is COc1ccc(CN2C(=O)CC(C(=O)NCCc3ccccc3)SC2=Nc2cccc(C(F)(F)F)c2)cc1. The van der Waals surface area contributed by atoms with Crippen molar-refractivity contribution in [3.05, 3.63) is 95.6 Å². The molecule has 1 heterocycles. The molecule has 1 saturated heterocycles. The van der Waals surface area contributed by atoms with E-state index in [1.165, 1.54) is 17.0 Å². The molecule has 0 spiro atoms. The van der Waals surface area contributed by atoms with Crippen LogP contribution >= 0.6 is 11.8 Å². The zero-order valence-corrected chi connectivity index (χ0v) is 21.4. The minimum absolute atomic E-state index is 0.0417. The van der Waals surface area contributed by atoms with Crippen LogP contribution in [-0.4, -0.2) is 40.8 Å². The highest BCUT2D eigenvalue weighted by Crippen LogP contribution is 2.34. The number of alkyl halides is 3. The van der Waals surface area contributed by atoms with E-state index in [2.05, 4.69) is 10.3 Å². The van der Waals surface area contributed by atoms with E-state index in [0.29, 0.717) is 18.7 Å². The number of nitrogens with one attached hydrogen (secondary N) is 1. The van der Waals surface area contributed by atoms with Gasteiger partial charge in [-0.3, -0.25) is 14.5 Å². The number of hydrogen-bond donors (Lipinski definition) is 1. The second-order valence-corrected chi connectivity index (χ2v) is 9.78. The van der Waals surface area contributed by atoms with Crippen LogP contribution in [0.5, 0.6) is 5.75 Å². The van der Waals surface area contributed by atoms with Crippen molar-refractivity contribution in [2.45, 2.75) is 30.8 Å². The van der Waals surface area contributed by atoms with Crippen LogP contribution in [0.1, 0.15) is 23.1 Å². The van der Waals surface area contributed by atoms with Crippen LogP contribution < -0.4 is 10.1 Å². The van der Waals surface area contributed by atoms with Gasteiger partial charge in [-0.25, -0.2) is 4.99 Å². The number of methoxy groups -OCH3 is 1. The van der Waals surface area contributed by atoms with Gasteiger partial charge in [0.25, 0.3) is 0 Å². The molecule has 2 amide bonds. The summed E-state index contributed by atoms with van der Waals surface area (Å²) >= 11 is 1.07. The number of aliphatic imine (C=N–C) groups is 1. The smallest absolute Gasteiger partial charge is 0.416 e. The summed E-state index contributed by atoms with van der Waals surface area (Å²) in [5.41, 5.74) is 1.04. The average molecular weight is 542 g/mol. The molecular formula is C28H26F3N3O3S. The number of rotatable bonds is 8. The monoisotopic (exact) mass is 541 g/mol. The molecule has 10 heteroatoms. The molecule has 6 nitrogen and oxygen atoms in total. The molecular weight excluding hydrogens is 515 g/mol. The Morgan fingerprint density at radius 2 is 1.79 bits per heavy atom. The first-order valence-electron chi connectivity index (χ1n) is 11.9. The number of benzene rings is 3. The molecule has 0 radical (unpaired) electrons. The van der Waals surface area contributed by atoms with Crippen LogP contribution in [-0.2, 0) is 28.7 Å². The van der Waals surface area contributed by atoms with Crippen LogP contribution in [0.2, 0.25) is 0 Å². The maximum absolute atomic E-state index is 13.3. The molecule has 0 saturated carbocycles. The van der Waals surface area contributed by atoms with Gasteiger partial charge in [0.05, 0.1) is 30.2 Å². The topological polar surface area (TPSA) is 71.0 Å². The highest BCUT2D eigenvalue weighted by molar-refractivity contribution is 8.15. The highest BCUT2D eigenvalue weighted by atomic mass is 32.2. The fourth-order valence-corrected chi connectivity index (χ4v) is 4.98. The number of carbonyl (C=O) groups excluding carboxylic acids is 2. The van der Waals surface area contributed by atoms with Crippen LogP contribution in [0.25, 0.3) is 0 Å². The number of hydrogen-bond acceptors (Lipinski definition) is 5. The van der Waals surface area contributed by atoms with Crippen molar-refractivity contribution in [3.8, 4) is 5.75 Å². The third-order valence-corrected chi connectivity index (χ3v) is 7.07. The molecule has 1 atom stereocenters. The fourth-order valence-electron chi connectivity index (χ4n) is 3.86. The van der Waals surface area contributed by atoms with E-state index < -0.39 is 17.0 Å². The molecule has 1 aliphatic heterocycles. The van der Waals surface area contributed by atoms with Gasteiger partial charge in [0.1, 0.15) is 5.75 Å². The van der Waals surface area contributed by atoms with Gasteiger partial charge in [0.15, 0.2) is 5.17 Å². The molecule has 1 aliphatic rings. The van der Waals surface area contributed by atoms with E-state index in [9.17, 15) is 22.8 Å². The molecule has 3 aromatic rings. The zero-order valence-electron chi connectivity index (χ0n) is 20.6. The quantitative estimate of drug-likeness (QED) is 0.403. The number of amides is 2. The molecule has 4 rings (SSSR count). The van der Waals surface area contributed by atoms with Gasteiger partial charge in [-0.2, -0.15) is 13.2 Å². The maximum atomic E-state index is 13.3. The van der Waals surface area contributed by atoms with Crippen LogP contribution in [0, 0.1) is 0 Å². The van der Waals surface area contributed by atoms with Gasteiger partial charge < -0.3 is 10.1 Å². The molecule has 198 valence electrons. The number of amidine groups is 1. The van der Waals surface area contributed by atoms with Gasteiger partial charge in [0.2, 0.25) is 11.8 Å². The molecule has 0 aliphatic carbocycles. The number of nitrogens with zero attached hydrogens (tertiary/aromatic N) is 2. The van der Waals surface area contributed by atoms with Crippen molar-refractivity contribution in [2.24, 2.45) is 4.99 Å². The summed E-state index contributed by atoms with van der Waals surface area (Å²) in [5.74, 6) is -0.00758. The summed E-state index contributed by atoms with van der Waals surface area (Å²) in [4.78, 5) is 31.9. The first-order chi connectivity index (χ1) is 18.2. The normalized spacial score (nSPS) is 16.9. The standard InChI is InChI=1S/C28H26F3N3O3S/c1-37-23-12-10-20(11-13-23)18-34-25(35)17-24(26(36)32-15-14-19-6-3-2-4-7-19)38-27(34)33-22-9-5-8-21(16-22)28(29,30)31/h2-13,16,24H,14-15,17-18H2,1H3,(H,32,36). The first kappa shape index (κ1) is 27.3. The van der Waals surface area contributed by atoms with Crippen LogP contribution in [0.4, 0.5) is 18.9 Å². The lowest BCUT2D eigenvalue weighted by Gasteiger charge is -2.32. The maximum Gasteiger partial charge on any atom is 0.416 e. The Balaban J connectivity index is 1.55. The van der Waals surface area contributed by atoms with E-state index in [4.69, 9.17) is 4.74 Å². The summed E-state index contributed by atoms with van der Waals surface area (Å²) in [6.07, 6.45) is -3.96. The molecule has 3 aromatic carbocycles. The Kier molecular flexibility index (Phi) is 8.73. The van der Waals surface area contributed by atoms with Crippen molar-refractivity contribution < 1.29 is 27.5 Å². The van der Waals surface area contributed by atoms with Crippen molar-refractivity contribution in [1.29, 1.82) is 0 Å². The van der Waals surface area contributed by atoms with Gasteiger partial charge in [-0.15, -0.1) is 0 Å². The highest BCUT2D eigenvalue weighted by Gasteiger charge is 2.36. The number of carbonyl (C=O) groups is 2. The third kappa shape index (κ3) is 7.16. The van der Waals surface area contributed by atoms with Crippen LogP contribution in [0.3, 0.4) is 0 Å². The summed E-state index contributed by atoms with van der Waals surface area (Å²) in [6, 6.07) is 21.3. The lowest BCUT2D eigenvalue weighted by Crippen LogP contribution is -2.46. The predicted molar refractivity (Wildman–Crippen MR) is 141 cm³/mol. The minimum Gasteiger partial charge on any atom is -0.497 e. The van der Waals surface area contributed by atoms with E-state index in [1.807, 2.05) is 30.3 Å². The Labute approximate surface area is 222 Å². The second kappa shape index (κ2) is 12.2. The summed E-state index contributed by atoms with van der Waals surface area (Å²) in [7, 11) is 1.55. The Bertz CT molecular complexity index is 1300. The van der Waals surface area contributed by atoms with Gasteiger partial charge >= 0.3 is 6.18 Å². The van der Waals surface area contributed by atoms with E-state index >= 15 is 0 Å². The lowest BCUT2D eigenvalue weighted by molar-refractivity contribution is -0.137. The number of ether oxygens (including phenoxy) is 1. The van der Waals surface area contributed by atoms with Gasteiger partial charge in [-0.05, 0) is 47.9 Å². The Morgan fingerprint density at radius 3 is 2.47 bits per heavy atom. The zero-order chi connectivity index (χ0) is 27.1. The number of halogens is 3. The van der Waals surface area contributed by atoms with Crippen molar-refractivity contribution in [3.63, 3.8) is 0 Å². The van der Waals surface area contributed by atoms with Gasteiger partial charge in [0, 0.05) is 13.0 Å². The average Bonchev–Trinajstić information content (AvgIpc) is 2.91. The number of thioether (sulfide) groups is 1. The fraction of sp³-hybridized carbons (Fsp3) is 0.250. The Hall–Kier alpha value is -3.79. The third-order valence-electron chi connectivity index (χ3n) is 5.89. The first-order valence-corrected chi connectivity index (χ1v) is 12.8. The minimum atomic E-state index is -4.53. The largest absolute Gasteiger partial charge is 0.497 e. The molecule has 38 heavy (non-hydrogen) atoms. The van der Waals surface area contributed by atoms with Crippen molar-refractivity contribution >= 4 is 34.4 Å². The molecule has 0 bridgehead atoms. The summed E-state index contributed by atoms with van der Waals surface area (Å²) in [5, 5.41) is 2.28. The lowest BCUT2D eigenvalue weighted by atomic mass is 10.1. The molecule has 1 unspecified atom stereocenters. The molecule has 1 N–H and O–H groups in total.